The smallest absolute Gasteiger partial charge is 0.359 e. The number of nitrogens with one attached hydrogen (secondary N) is 1. The summed E-state index contributed by atoms with van der Waals surface area (Å²) >= 11 is 1.32. The lowest BCUT2D eigenvalue weighted by molar-refractivity contribution is -0.119. The van der Waals surface area contributed by atoms with Crippen LogP contribution in [0.15, 0.2) is 29.1 Å². The molecule has 2 amide bonds. The van der Waals surface area contributed by atoms with Gasteiger partial charge in [0.15, 0.2) is 12.3 Å². The molecular formula is C20H18N4O5S. The molecule has 9 nitrogen and oxygen atoms in total. The van der Waals surface area contributed by atoms with Gasteiger partial charge < -0.3 is 15.8 Å². The predicted octanol–water partition coefficient (Wildman–Crippen LogP) is 1.38. The van der Waals surface area contributed by atoms with Crippen LogP contribution < -0.4 is 16.6 Å². The van der Waals surface area contributed by atoms with E-state index in [1.165, 1.54) is 18.4 Å². The molecule has 0 atom stereocenters. The average Bonchev–Trinajstić information content (AvgIpc) is 3.29. The average molecular weight is 426 g/mol. The largest absolute Gasteiger partial charge is 0.451 e. The minimum atomic E-state index is -0.833. The van der Waals surface area contributed by atoms with Gasteiger partial charge in [0.1, 0.15) is 5.00 Å². The molecule has 0 aliphatic heterocycles. The Balaban J connectivity index is 1.50. The van der Waals surface area contributed by atoms with Crippen molar-refractivity contribution in [1.29, 1.82) is 0 Å². The zero-order valence-electron chi connectivity index (χ0n) is 16.1. The number of anilines is 1. The molecule has 0 saturated carbocycles. The van der Waals surface area contributed by atoms with E-state index >= 15 is 0 Å². The molecule has 4 rings (SSSR count). The Labute approximate surface area is 174 Å². The van der Waals surface area contributed by atoms with E-state index in [4.69, 9.17) is 10.5 Å². The summed E-state index contributed by atoms with van der Waals surface area (Å²) in [6, 6.07) is 6.53. The lowest BCUT2D eigenvalue weighted by Gasteiger charge is -2.09. The summed E-state index contributed by atoms with van der Waals surface area (Å²) in [6.07, 6.45) is 2.55. The molecule has 154 valence electrons. The third-order valence-corrected chi connectivity index (χ3v) is 6.11. The van der Waals surface area contributed by atoms with Gasteiger partial charge in [-0.05, 0) is 30.9 Å². The molecule has 0 spiro atoms. The van der Waals surface area contributed by atoms with Crippen LogP contribution in [0.3, 0.4) is 0 Å². The van der Waals surface area contributed by atoms with E-state index in [0.29, 0.717) is 21.3 Å². The first kappa shape index (κ1) is 19.8. The summed E-state index contributed by atoms with van der Waals surface area (Å²) in [5, 5.41) is 7.63. The molecule has 1 aromatic carbocycles. The number of hydrogen-bond acceptors (Lipinski definition) is 7. The lowest BCUT2D eigenvalue weighted by Crippen LogP contribution is -2.26. The molecule has 2 heterocycles. The van der Waals surface area contributed by atoms with Crippen LogP contribution in [0.2, 0.25) is 0 Å². The number of carbonyl (C=O) groups excluding carboxylic acids is 3. The van der Waals surface area contributed by atoms with Gasteiger partial charge in [0, 0.05) is 17.3 Å². The van der Waals surface area contributed by atoms with Crippen LogP contribution in [0.1, 0.15) is 37.7 Å². The van der Waals surface area contributed by atoms with Gasteiger partial charge in [-0.25, -0.2) is 9.48 Å². The maximum atomic E-state index is 12.5. The number of amides is 2. The molecule has 0 saturated heterocycles. The summed E-state index contributed by atoms with van der Waals surface area (Å²) < 4.78 is 6.15. The van der Waals surface area contributed by atoms with Crippen molar-refractivity contribution in [2.24, 2.45) is 12.8 Å². The minimum absolute atomic E-state index is 0.0616. The highest BCUT2D eigenvalue weighted by atomic mass is 32.1. The fourth-order valence-corrected chi connectivity index (χ4v) is 4.88. The van der Waals surface area contributed by atoms with Crippen molar-refractivity contribution in [1.82, 2.24) is 9.78 Å². The van der Waals surface area contributed by atoms with Crippen LogP contribution in [0, 0.1) is 0 Å². The first-order chi connectivity index (χ1) is 14.4. The number of aromatic nitrogens is 2. The fraction of sp³-hybridized carbons (Fsp3) is 0.250. The van der Waals surface area contributed by atoms with Crippen molar-refractivity contribution in [2.75, 3.05) is 11.9 Å². The number of carbonyl (C=O) groups is 3. The number of fused-ring (bicyclic) bond motifs is 2. The number of nitrogens with two attached hydrogens (primary N) is 1. The number of nitrogens with zero attached hydrogens (tertiary/aromatic N) is 2. The molecule has 0 unspecified atom stereocenters. The molecule has 0 bridgehead atoms. The summed E-state index contributed by atoms with van der Waals surface area (Å²) in [6.45, 7) is -0.571. The van der Waals surface area contributed by atoms with Crippen LogP contribution in [0.4, 0.5) is 5.00 Å². The number of rotatable bonds is 5. The maximum absolute atomic E-state index is 12.5. The highest BCUT2D eigenvalue weighted by molar-refractivity contribution is 7.17. The number of primary amides is 1. The van der Waals surface area contributed by atoms with E-state index in [1.54, 1.807) is 24.3 Å². The van der Waals surface area contributed by atoms with E-state index in [9.17, 15) is 19.2 Å². The zero-order valence-corrected chi connectivity index (χ0v) is 16.9. The van der Waals surface area contributed by atoms with Crippen molar-refractivity contribution >= 4 is 44.9 Å². The molecule has 10 heteroatoms. The first-order valence-electron chi connectivity index (χ1n) is 9.24. The molecular weight excluding hydrogens is 408 g/mol. The van der Waals surface area contributed by atoms with E-state index < -0.39 is 24.4 Å². The molecule has 3 aromatic rings. The Morgan fingerprint density at radius 1 is 1.23 bits per heavy atom. The van der Waals surface area contributed by atoms with E-state index in [2.05, 4.69) is 10.4 Å². The van der Waals surface area contributed by atoms with Crippen LogP contribution >= 0.6 is 11.3 Å². The number of thiophene rings is 1. The van der Waals surface area contributed by atoms with Crippen LogP contribution in [0.25, 0.3) is 10.8 Å². The zero-order chi connectivity index (χ0) is 21.4. The first-order valence-corrected chi connectivity index (χ1v) is 10.1. The van der Waals surface area contributed by atoms with E-state index in [1.807, 2.05) is 0 Å². The van der Waals surface area contributed by atoms with E-state index in [0.717, 1.165) is 34.4 Å². The SMILES string of the molecule is Cn1nc(C(=O)OCC(=O)Nc2sc3c(c2C(N)=O)CCC3)c2ccccc2c1=O. The standard InChI is InChI=1S/C20H18N4O5S/c1-24-19(27)11-6-3-2-5-10(11)16(23-24)20(28)29-9-14(25)22-18-15(17(21)26)12-7-4-8-13(12)30-18/h2-3,5-6H,4,7-9H2,1H3,(H2,21,26)(H,22,25). The predicted molar refractivity (Wildman–Crippen MR) is 111 cm³/mol. The van der Waals surface area contributed by atoms with Crippen molar-refractivity contribution in [3.05, 3.63) is 56.3 Å². The Kier molecular flexibility index (Phi) is 5.08. The van der Waals surface area contributed by atoms with Crippen molar-refractivity contribution in [3.63, 3.8) is 0 Å². The van der Waals surface area contributed by atoms with Crippen molar-refractivity contribution in [3.8, 4) is 0 Å². The van der Waals surface area contributed by atoms with Crippen molar-refractivity contribution < 1.29 is 19.1 Å². The monoisotopic (exact) mass is 426 g/mol. The molecule has 0 radical (unpaired) electrons. The Bertz CT molecular complexity index is 1260. The van der Waals surface area contributed by atoms with E-state index in [-0.39, 0.29) is 11.3 Å². The maximum Gasteiger partial charge on any atom is 0.359 e. The van der Waals surface area contributed by atoms with Crippen LogP contribution in [-0.4, -0.2) is 34.2 Å². The third-order valence-electron chi connectivity index (χ3n) is 4.90. The van der Waals surface area contributed by atoms with Gasteiger partial charge in [0.05, 0.1) is 10.9 Å². The molecule has 1 aliphatic carbocycles. The Hall–Kier alpha value is -3.53. The van der Waals surface area contributed by atoms with Crippen LogP contribution in [0.5, 0.6) is 0 Å². The summed E-state index contributed by atoms with van der Waals surface area (Å²) in [7, 11) is 1.43. The van der Waals surface area contributed by atoms with Gasteiger partial charge in [-0.1, -0.05) is 18.2 Å². The second kappa shape index (κ2) is 7.71. The highest BCUT2D eigenvalue weighted by Crippen LogP contribution is 2.38. The topological polar surface area (TPSA) is 133 Å². The van der Waals surface area contributed by atoms with Crippen LogP contribution in [-0.2, 0) is 29.4 Å². The molecule has 0 fully saturated rings. The summed E-state index contributed by atoms with van der Waals surface area (Å²) in [5.41, 5.74) is 6.30. The van der Waals surface area contributed by atoms with Crippen molar-refractivity contribution in [2.45, 2.75) is 19.3 Å². The number of ether oxygens (including phenoxy) is 1. The molecule has 1 aliphatic rings. The quantitative estimate of drug-likeness (QED) is 0.592. The number of aryl methyl sites for hydroxylation is 2. The van der Waals surface area contributed by atoms with Gasteiger partial charge in [-0.15, -0.1) is 11.3 Å². The molecule has 3 N–H and O–H groups in total. The summed E-state index contributed by atoms with van der Waals surface area (Å²) in [5.74, 6) is -2.02. The second-order valence-electron chi connectivity index (χ2n) is 6.87. The van der Waals surface area contributed by atoms with Gasteiger partial charge in [0.2, 0.25) is 0 Å². The van der Waals surface area contributed by atoms with Gasteiger partial charge in [-0.2, -0.15) is 5.10 Å². The normalized spacial score (nSPS) is 12.6. The Morgan fingerprint density at radius 2 is 1.97 bits per heavy atom. The third kappa shape index (κ3) is 3.45. The highest BCUT2D eigenvalue weighted by Gasteiger charge is 2.26. The fourth-order valence-electron chi connectivity index (χ4n) is 3.57. The lowest BCUT2D eigenvalue weighted by atomic mass is 10.1. The Morgan fingerprint density at radius 3 is 2.70 bits per heavy atom. The number of esters is 1. The molecule has 30 heavy (non-hydrogen) atoms. The molecule has 2 aromatic heterocycles. The number of hydrogen-bond donors (Lipinski definition) is 2. The van der Waals surface area contributed by atoms with Gasteiger partial charge in [0.25, 0.3) is 17.4 Å². The van der Waals surface area contributed by atoms with Gasteiger partial charge in [-0.3, -0.25) is 14.4 Å². The number of benzene rings is 1. The second-order valence-corrected chi connectivity index (χ2v) is 7.98. The summed E-state index contributed by atoms with van der Waals surface area (Å²) in [4.78, 5) is 49.9. The minimum Gasteiger partial charge on any atom is -0.451 e. The van der Waals surface area contributed by atoms with Gasteiger partial charge >= 0.3 is 5.97 Å².